The number of nitrogens with one attached hydrogen (secondary N) is 2. The van der Waals surface area contributed by atoms with Gasteiger partial charge in [0.15, 0.2) is 0 Å². The van der Waals surface area contributed by atoms with Crippen LogP contribution < -0.4 is 15.5 Å². The second-order valence-electron chi connectivity index (χ2n) is 9.70. The van der Waals surface area contributed by atoms with Crippen LogP contribution in [0.4, 0.5) is 16.3 Å². The maximum Gasteiger partial charge on any atom is 0.319 e. The minimum absolute atomic E-state index is 0.208. The highest BCUT2D eigenvalue weighted by molar-refractivity contribution is 5.89. The molecule has 0 saturated carbocycles. The van der Waals surface area contributed by atoms with Gasteiger partial charge in [-0.15, -0.1) is 0 Å². The second kappa shape index (κ2) is 10.4. The fraction of sp³-hybridized carbons (Fsp3) is 0.500. The number of pyridine rings is 1. The number of piperazine rings is 1. The van der Waals surface area contributed by atoms with E-state index in [2.05, 4.69) is 48.5 Å². The van der Waals surface area contributed by atoms with E-state index >= 15 is 0 Å². The SMILES string of the molecule is N#Cc1cccc(NC(=O)NC[C@H]2C[C@@H]3CCN2C[C@@H]3CN2CCN(c3ccccn3)CC2)c1. The largest absolute Gasteiger partial charge is 0.354 e. The number of aromatic nitrogens is 1. The van der Waals surface area contributed by atoms with Gasteiger partial charge in [0, 0.05) is 63.7 Å². The summed E-state index contributed by atoms with van der Waals surface area (Å²) >= 11 is 0. The Labute approximate surface area is 201 Å². The van der Waals surface area contributed by atoms with Gasteiger partial charge in [0.1, 0.15) is 5.82 Å². The molecule has 0 radical (unpaired) electrons. The van der Waals surface area contributed by atoms with E-state index in [1.807, 2.05) is 12.3 Å². The number of benzene rings is 1. The molecule has 2 amide bonds. The van der Waals surface area contributed by atoms with Crippen LogP contribution in [0.3, 0.4) is 0 Å². The number of piperidine rings is 3. The molecule has 6 rings (SSSR count). The molecule has 1 aromatic carbocycles. The van der Waals surface area contributed by atoms with Crippen LogP contribution in [0.5, 0.6) is 0 Å². The number of hydrogen-bond donors (Lipinski definition) is 2. The van der Waals surface area contributed by atoms with Crippen LogP contribution in [0, 0.1) is 23.2 Å². The lowest BCUT2D eigenvalue weighted by Gasteiger charge is -2.51. The molecule has 5 heterocycles. The summed E-state index contributed by atoms with van der Waals surface area (Å²) in [6.45, 7) is 8.36. The third-order valence-corrected chi connectivity index (χ3v) is 7.60. The number of nitriles is 1. The van der Waals surface area contributed by atoms with Crippen molar-refractivity contribution in [2.24, 2.45) is 11.8 Å². The Bertz CT molecular complexity index is 1020. The number of nitrogens with zero attached hydrogens (tertiary/aromatic N) is 5. The highest BCUT2D eigenvalue weighted by Crippen LogP contribution is 2.36. The molecule has 4 aliphatic rings. The molecule has 0 aliphatic carbocycles. The molecule has 4 saturated heterocycles. The van der Waals surface area contributed by atoms with Crippen LogP contribution in [0.2, 0.25) is 0 Å². The molecule has 1 aromatic heterocycles. The van der Waals surface area contributed by atoms with E-state index in [-0.39, 0.29) is 6.03 Å². The van der Waals surface area contributed by atoms with Gasteiger partial charge in [-0.3, -0.25) is 9.80 Å². The lowest BCUT2D eigenvalue weighted by atomic mass is 9.75. The third kappa shape index (κ3) is 5.32. The highest BCUT2D eigenvalue weighted by atomic mass is 16.2. The van der Waals surface area contributed by atoms with E-state index in [1.54, 1.807) is 24.3 Å². The number of anilines is 2. The van der Waals surface area contributed by atoms with Gasteiger partial charge >= 0.3 is 6.03 Å². The second-order valence-corrected chi connectivity index (χ2v) is 9.70. The minimum atomic E-state index is -0.208. The summed E-state index contributed by atoms with van der Waals surface area (Å²) in [6.07, 6.45) is 4.29. The summed E-state index contributed by atoms with van der Waals surface area (Å²) in [5.74, 6) is 2.54. The van der Waals surface area contributed by atoms with Gasteiger partial charge in [-0.2, -0.15) is 5.26 Å². The third-order valence-electron chi connectivity index (χ3n) is 7.60. The predicted octanol–water partition coefficient (Wildman–Crippen LogP) is 2.61. The molecule has 2 N–H and O–H groups in total. The molecule has 8 nitrogen and oxygen atoms in total. The fourth-order valence-corrected chi connectivity index (χ4v) is 5.75. The number of amides is 2. The Morgan fingerprint density at radius 1 is 1.12 bits per heavy atom. The van der Waals surface area contributed by atoms with Crippen molar-refractivity contribution in [1.29, 1.82) is 5.26 Å². The van der Waals surface area contributed by atoms with Crippen LogP contribution >= 0.6 is 0 Å². The van der Waals surface area contributed by atoms with Crippen molar-refractivity contribution in [3.8, 4) is 6.07 Å². The first-order valence-corrected chi connectivity index (χ1v) is 12.4. The molecule has 4 fully saturated rings. The van der Waals surface area contributed by atoms with Crippen LogP contribution in [0.1, 0.15) is 18.4 Å². The summed E-state index contributed by atoms with van der Waals surface area (Å²) < 4.78 is 0. The zero-order chi connectivity index (χ0) is 23.3. The lowest BCUT2D eigenvalue weighted by molar-refractivity contribution is -0.0114. The van der Waals surface area contributed by atoms with Crippen molar-refractivity contribution < 1.29 is 4.79 Å². The van der Waals surface area contributed by atoms with Crippen molar-refractivity contribution in [3.63, 3.8) is 0 Å². The van der Waals surface area contributed by atoms with E-state index in [0.717, 1.165) is 57.4 Å². The Kier molecular flexibility index (Phi) is 6.93. The Hall–Kier alpha value is -3.15. The number of carbonyl (C=O) groups excluding carboxylic acids is 1. The van der Waals surface area contributed by atoms with E-state index < -0.39 is 0 Å². The number of hydrogen-bond acceptors (Lipinski definition) is 6. The van der Waals surface area contributed by atoms with Crippen molar-refractivity contribution in [1.82, 2.24) is 20.1 Å². The molecule has 0 spiro atoms. The van der Waals surface area contributed by atoms with E-state index in [1.165, 1.54) is 13.0 Å². The van der Waals surface area contributed by atoms with Gasteiger partial charge in [-0.05, 0) is 61.6 Å². The molecule has 8 heteroatoms. The van der Waals surface area contributed by atoms with Gasteiger partial charge in [0.05, 0.1) is 11.6 Å². The smallest absolute Gasteiger partial charge is 0.319 e. The molecule has 4 aliphatic heterocycles. The Balaban J connectivity index is 1.06. The zero-order valence-electron chi connectivity index (χ0n) is 19.6. The maximum atomic E-state index is 12.4. The summed E-state index contributed by atoms with van der Waals surface area (Å²) in [7, 11) is 0. The van der Waals surface area contributed by atoms with E-state index in [0.29, 0.717) is 29.8 Å². The van der Waals surface area contributed by atoms with Crippen LogP contribution in [0.15, 0.2) is 48.7 Å². The van der Waals surface area contributed by atoms with Crippen molar-refractivity contribution in [3.05, 3.63) is 54.2 Å². The molecule has 2 aromatic rings. The molecule has 178 valence electrons. The van der Waals surface area contributed by atoms with Gasteiger partial charge < -0.3 is 15.5 Å². The zero-order valence-corrected chi connectivity index (χ0v) is 19.6. The minimum Gasteiger partial charge on any atom is -0.354 e. The van der Waals surface area contributed by atoms with E-state index in [9.17, 15) is 4.79 Å². The number of carbonyl (C=O) groups is 1. The summed E-state index contributed by atoms with van der Waals surface area (Å²) in [5.41, 5.74) is 1.18. The summed E-state index contributed by atoms with van der Waals surface area (Å²) in [6, 6.07) is 15.4. The number of fused-ring (bicyclic) bond motifs is 3. The molecule has 34 heavy (non-hydrogen) atoms. The molecule has 4 atom stereocenters. The quantitative estimate of drug-likeness (QED) is 0.691. The average molecular weight is 460 g/mol. The molecule has 1 unspecified atom stereocenters. The lowest BCUT2D eigenvalue weighted by Crippen LogP contribution is -2.59. The maximum absolute atomic E-state index is 12.4. The van der Waals surface area contributed by atoms with Gasteiger partial charge in [-0.25, -0.2) is 9.78 Å². The van der Waals surface area contributed by atoms with Crippen LogP contribution in [-0.2, 0) is 0 Å². The Morgan fingerprint density at radius 3 is 2.74 bits per heavy atom. The Morgan fingerprint density at radius 2 is 2.00 bits per heavy atom. The van der Waals surface area contributed by atoms with Crippen LogP contribution in [0.25, 0.3) is 0 Å². The van der Waals surface area contributed by atoms with Gasteiger partial charge in [-0.1, -0.05) is 12.1 Å². The normalized spacial score (nSPS) is 26.6. The van der Waals surface area contributed by atoms with Gasteiger partial charge in [0.2, 0.25) is 0 Å². The van der Waals surface area contributed by atoms with Crippen molar-refractivity contribution in [2.75, 3.05) is 62.6 Å². The average Bonchev–Trinajstić information content (AvgIpc) is 2.89. The van der Waals surface area contributed by atoms with Crippen molar-refractivity contribution >= 4 is 17.5 Å². The molecule has 2 bridgehead atoms. The molecular weight excluding hydrogens is 426 g/mol. The highest BCUT2D eigenvalue weighted by Gasteiger charge is 2.40. The first-order chi connectivity index (χ1) is 16.7. The van der Waals surface area contributed by atoms with Crippen molar-refractivity contribution in [2.45, 2.75) is 18.9 Å². The van der Waals surface area contributed by atoms with E-state index in [4.69, 9.17) is 5.26 Å². The predicted molar refractivity (Wildman–Crippen MR) is 133 cm³/mol. The van der Waals surface area contributed by atoms with Crippen LogP contribution in [-0.4, -0.2) is 79.2 Å². The number of urea groups is 1. The fourth-order valence-electron chi connectivity index (χ4n) is 5.75. The summed E-state index contributed by atoms with van der Waals surface area (Å²) in [4.78, 5) is 24.5. The summed E-state index contributed by atoms with van der Waals surface area (Å²) in [5, 5.41) is 14.9. The topological polar surface area (TPSA) is 87.5 Å². The monoisotopic (exact) mass is 459 g/mol. The first kappa shape index (κ1) is 22.6. The molecular formula is C26H33N7O. The van der Waals surface area contributed by atoms with Gasteiger partial charge in [0.25, 0.3) is 0 Å². The standard InChI is InChI=1S/C26H33N7O/c27-16-20-4-3-5-23(14-20)30-26(34)29-17-24-15-21-7-9-33(24)19-22(21)18-31-10-12-32(13-11-31)25-6-1-2-8-28-25/h1-6,8,14,21-22,24H,7,9-13,15,17-19H2,(H2,29,30,34)/t21-,22-,24+/m0/s1. The first-order valence-electron chi connectivity index (χ1n) is 12.4. The number of rotatable bonds is 6.